The molecular weight excluding hydrogens is 264 g/mol. The van der Waals surface area contributed by atoms with Crippen LogP contribution in [0, 0.1) is 11.3 Å². The molecule has 114 valence electrons. The largest absolute Gasteiger partial charge is 0.496 e. The van der Waals surface area contributed by atoms with E-state index in [0.717, 1.165) is 43.7 Å². The van der Waals surface area contributed by atoms with Crippen LogP contribution in [-0.2, 0) is 4.79 Å². The van der Waals surface area contributed by atoms with Crippen LogP contribution in [0.2, 0.25) is 0 Å². The fourth-order valence-corrected chi connectivity index (χ4v) is 3.61. The maximum atomic E-state index is 12.5. The predicted molar refractivity (Wildman–Crippen MR) is 82.2 cm³/mol. The molecule has 1 heterocycles. The Balaban J connectivity index is 1.63. The minimum Gasteiger partial charge on any atom is -0.496 e. The van der Waals surface area contributed by atoms with Gasteiger partial charge in [-0.05, 0) is 50.8 Å². The summed E-state index contributed by atoms with van der Waals surface area (Å²) in [5, 5.41) is 6.54. The van der Waals surface area contributed by atoms with Gasteiger partial charge in [0.1, 0.15) is 5.75 Å². The molecule has 3 rings (SSSR count). The molecular formula is C17H24N2O2. The van der Waals surface area contributed by atoms with Gasteiger partial charge in [0.05, 0.1) is 13.2 Å². The summed E-state index contributed by atoms with van der Waals surface area (Å²) in [6.45, 7) is 4.12. The van der Waals surface area contributed by atoms with Crippen molar-refractivity contribution in [2.45, 2.75) is 32.2 Å². The number of carbonyl (C=O) groups is 1. The molecule has 0 radical (unpaired) electrons. The number of hydrogen-bond acceptors (Lipinski definition) is 3. The molecule has 1 aliphatic carbocycles. The van der Waals surface area contributed by atoms with E-state index >= 15 is 0 Å². The molecule has 2 aliphatic rings. The summed E-state index contributed by atoms with van der Waals surface area (Å²) in [5.41, 5.74) is 1.32. The van der Waals surface area contributed by atoms with E-state index in [0.29, 0.717) is 0 Å². The van der Waals surface area contributed by atoms with E-state index in [-0.39, 0.29) is 23.3 Å². The Bertz CT molecular complexity index is 523. The number of piperidine rings is 1. The third-order valence-corrected chi connectivity index (χ3v) is 5.07. The van der Waals surface area contributed by atoms with Gasteiger partial charge in [0, 0.05) is 11.5 Å². The Labute approximate surface area is 126 Å². The van der Waals surface area contributed by atoms with Crippen LogP contribution in [0.1, 0.15) is 37.8 Å². The molecule has 4 nitrogen and oxygen atoms in total. The molecule has 4 heteroatoms. The molecule has 1 unspecified atom stereocenters. The molecule has 1 aromatic carbocycles. The van der Waals surface area contributed by atoms with E-state index in [9.17, 15) is 4.79 Å². The van der Waals surface area contributed by atoms with Crippen LogP contribution in [0.3, 0.4) is 0 Å². The zero-order valence-corrected chi connectivity index (χ0v) is 12.8. The average Bonchev–Trinajstić information content (AvgIpc) is 3.21. The van der Waals surface area contributed by atoms with Crippen molar-refractivity contribution in [1.82, 2.24) is 10.6 Å². The molecule has 1 aromatic rings. The molecule has 0 bridgehead atoms. The number of amides is 1. The van der Waals surface area contributed by atoms with Crippen molar-refractivity contribution in [3.05, 3.63) is 29.8 Å². The maximum Gasteiger partial charge on any atom is 0.224 e. The van der Waals surface area contributed by atoms with E-state index in [1.165, 1.54) is 0 Å². The highest BCUT2D eigenvalue weighted by Gasteiger charge is 2.57. The summed E-state index contributed by atoms with van der Waals surface area (Å²) in [4.78, 5) is 12.5. The Kier molecular flexibility index (Phi) is 3.89. The molecule has 1 saturated carbocycles. The lowest BCUT2D eigenvalue weighted by atomic mass is 9.91. The third kappa shape index (κ3) is 2.77. The molecule has 1 amide bonds. The first-order chi connectivity index (χ1) is 10.2. The van der Waals surface area contributed by atoms with Crippen molar-refractivity contribution in [2.24, 2.45) is 11.3 Å². The van der Waals surface area contributed by atoms with Gasteiger partial charge in [-0.2, -0.15) is 0 Å². The van der Waals surface area contributed by atoms with Crippen LogP contribution in [0.5, 0.6) is 5.75 Å². The van der Waals surface area contributed by atoms with Crippen molar-refractivity contribution in [1.29, 1.82) is 0 Å². The van der Waals surface area contributed by atoms with Crippen molar-refractivity contribution < 1.29 is 9.53 Å². The van der Waals surface area contributed by atoms with Crippen molar-refractivity contribution in [3.63, 3.8) is 0 Å². The minimum atomic E-state index is -0.0204. The lowest BCUT2D eigenvalue weighted by Crippen LogP contribution is -2.34. The van der Waals surface area contributed by atoms with Gasteiger partial charge in [-0.15, -0.1) is 0 Å². The lowest BCUT2D eigenvalue weighted by molar-refractivity contribution is -0.123. The second kappa shape index (κ2) is 5.68. The van der Waals surface area contributed by atoms with E-state index < -0.39 is 0 Å². The first-order valence-electron chi connectivity index (χ1n) is 7.80. The maximum absolute atomic E-state index is 12.5. The van der Waals surface area contributed by atoms with Gasteiger partial charge < -0.3 is 15.4 Å². The number of ether oxygens (including phenoxy) is 1. The van der Waals surface area contributed by atoms with E-state index in [4.69, 9.17) is 4.74 Å². The van der Waals surface area contributed by atoms with Crippen LogP contribution in [0.15, 0.2) is 24.3 Å². The van der Waals surface area contributed by atoms with Crippen LogP contribution >= 0.6 is 0 Å². The summed E-state index contributed by atoms with van der Waals surface area (Å²) in [5.74, 6) is 1.24. The van der Waals surface area contributed by atoms with Crippen LogP contribution in [-0.4, -0.2) is 26.1 Å². The second-order valence-corrected chi connectivity index (χ2v) is 6.34. The summed E-state index contributed by atoms with van der Waals surface area (Å²) in [7, 11) is 1.66. The lowest BCUT2D eigenvalue weighted by Gasteiger charge is -2.24. The first-order valence-corrected chi connectivity index (χ1v) is 7.80. The molecule has 2 atom stereocenters. The molecule has 1 aliphatic heterocycles. The third-order valence-electron chi connectivity index (χ3n) is 5.07. The standard InChI is InChI=1S/C17H24N2O2/c1-12(13-5-3-4-6-15(13)21-2)19-16(20)14-11-17(14)7-9-18-10-8-17/h3-6,12,14,18H,7-11H2,1-2H3,(H,19,20)/t12-,14?/m0/s1. The van der Waals surface area contributed by atoms with Gasteiger partial charge >= 0.3 is 0 Å². The molecule has 0 aromatic heterocycles. The number of methoxy groups -OCH3 is 1. The highest BCUT2D eigenvalue weighted by molar-refractivity contribution is 5.83. The highest BCUT2D eigenvalue weighted by Crippen LogP contribution is 2.58. The normalized spacial score (nSPS) is 24.4. The summed E-state index contributed by atoms with van der Waals surface area (Å²) >= 11 is 0. The quantitative estimate of drug-likeness (QED) is 0.893. The Hall–Kier alpha value is -1.55. The Morgan fingerprint density at radius 2 is 2.10 bits per heavy atom. The summed E-state index contributed by atoms with van der Waals surface area (Å²) in [6, 6.07) is 7.85. The van der Waals surface area contributed by atoms with Gasteiger partial charge in [0.2, 0.25) is 5.91 Å². The number of nitrogens with one attached hydrogen (secondary N) is 2. The molecule has 2 N–H and O–H groups in total. The molecule has 2 fully saturated rings. The summed E-state index contributed by atoms with van der Waals surface area (Å²) in [6.07, 6.45) is 3.32. The van der Waals surface area contributed by atoms with Crippen LogP contribution in [0.4, 0.5) is 0 Å². The van der Waals surface area contributed by atoms with Crippen LogP contribution < -0.4 is 15.4 Å². The van der Waals surface area contributed by atoms with Gasteiger partial charge in [0.15, 0.2) is 0 Å². The minimum absolute atomic E-state index is 0.0204. The number of hydrogen-bond donors (Lipinski definition) is 2. The predicted octanol–water partition coefficient (Wildman–Crippen LogP) is 2.26. The summed E-state index contributed by atoms with van der Waals surface area (Å²) < 4.78 is 5.37. The van der Waals surface area contributed by atoms with Crippen molar-refractivity contribution >= 4 is 5.91 Å². The number of rotatable bonds is 4. The average molecular weight is 288 g/mol. The van der Waals surface area contributed by atoms with Gasteiger partial charge in [-0.3, -0.25) is 4.79 Å². The molecule has 1 saturated heterocycles. The fraction of sp³-hybridized carbons (Fsp3) is 0.588. The fourth-order valence-electron chi connectivity index (χ4n) is 3.61. The number of benzene rings is 1. The monoisotopic (exact) mass is 288 g/mol. The van der Waals surface area contributed by atoms with Gasteiger partial charge in [-0.1, -0.05) is 18.2 Å². The van der Waals surface area contributed by atoms with E-state index in [1.54, 1.807) is 7.11 Å². The number of para-hydroxylation sites is 1. The zero-order chi connectivity index (χ0) is 14.9. The zero-order valence-electron chi connectivity index (χ0n) is 12.8. The topological polar surface area (TPSA) is 50.4 Å². The highest BCUT2D eigenvalue weighted by atomic mass is 16.5. The first kappa shape index (κ1) is 14.4. The smallest absolute Gasteiger partial charge is 0.224 e. The van der Waals surface area contributed by atoms with Crippen molar-refractivity contribution in [3.8, 4) is 5.75 Å². The second-order valence-electron chi connectivity index (χ2n) is 6.34. The molecule has 1 spiro atoms. The van der Waals surface area contributed by atoms with Crippen molar-refractivity contribution in [2.75, 3.05) is 20.2 Å². The van der Waals surface area contributed by atoms with E-state index in [2.05, 4.69) is 10.6 Å². The number of carbonyl (C=O) groups excluding carboxylic acids is 1. The SMILES string of the molecule is COc1ccccc1[C@H](C)NC(=O)C1CC12CCNCC2. The Morgan fingerprint density at radius 3 is 2.81 bits per heavy atom. The molecule has 21 heavy (non-hydrogen) atoms. The van der Waals surface area contributed by atoms with Crippen LogP contribution in [0.25, 0.3) is 0 Å². The van der Waals surface area contributed by atoms with Gasteiger partial charge in [0.25, 0.3) is 0 Å². The Morgan fingerprint density at radius 1 is 1.38 bits per heavy atom. The van der Waals surface area contributed by atoms with E-state index in [1.807, 2.05) is 31.2 Å². The van der Waals surface area contributed by atoms with Gasteiger partial charge in [-0.25, -0.2) is 0 Å².